The third kappa shape index (κ3) is 3.50. The highest BCUT2D eigenvalue weighted by Gasteiger charge is 2.33. The largest absolute Gasteiger partial charge is 0.493 e. The summed E-state index contributed by atoms with van der Waals surface area (Å²) in [4.78, 5) is 12.6. The van der Waals surface area contributed by atoms with Crippen LogP contribution >= 0.6 is 0 Å². The van der Waals surface area contributed by atoms with E-state index in [1.54, 1.807) is 12.1 Å². The fourth-order valence-electron chi connectivity index (χ4n) is 2.68. The molecule has 25 heavy (non-hydrogen) atoms. The lowest BCUT2D eigenvalue weighted by Crippen LogP contribution is -2.25. The van der Waals surface area contributed by atoms with E-state index < -0.39 is 5.97 Å². The van der Waals surface area contributed by atoms with Crippen molar-refractivity contribution >= 4 is 5.97 Å². The molecule has 0 unspecified atom stereocenters. The summed E-state index contributed by atoms with van der Waals surface area (Å²) in [6.45, 7) is 6.18. The number of rotatable bonds is 4. The van der Waals surface area contributed by atoms with Crippen LogP contribution in [0.2, 0.25) is 0 Å². The van der Waals surface area contributed by atoms with Crippen LogP contribution in [0.4, 0.5) is 0 Å². The van der Waals surface area contributed by atoms with Crippen LogP contribution in [-0.4, -0.2) is 22.9 Å². The first-order valence-corrected chi connectivity index (χ1v) is 8.24. The van der Waals surface area contributed by atoms with Gasteiger partial charge in [-0.1, -0.05) is 0 Å². The van der Waals surface area contributed by atoms with Gasteiger partial charge in [0.05, 0.1) is 24.3 Å². The summed E-state index contributed by atoms with van der Waals surface area (Å²) in [6.07, 6.45) is 2.25. The Labute approximate surface area is 147 Å². The molecule has 3 rings (SSSR count). The zero-order valence-corrected chi connectivity index (χ0v) is 14.9. The summed E-state index contributed by atoms with van der Waals surface area (Å²) < 4.78 is 12.6. The molecule has 1 aliphatic rings. The van der Waals surface area contributed by atoms with Crippen molar-refractivity contribution < 1.29 is 14.3 Å². The lowest BCUT2D eigenvalue weighted by Gasteiger charge is -2.22. The zero-order chi connectivity index (χ0) is 18.2. The van der Waals surface area contributed by atoms with E-state index in [9.17, 15) is 4.79 Å². The van der Waals surface area contributed by atoms with E-state index in [4.69, 9.17) is 14.7 Å². The van der Waals surface area contributed by atoms with Crippen molar-refractivity contribution in [2.75, 3.05) is 7.11 Å². The van der Waals surface area contributed by atoms with Crippen LogP contribution in [0.3, 0.4) is 0 Å². The number of methoxy groups -OCH3 is 1. The van der Waals surface area contributed by atoms with Gasteiger partial charge in [-0.2, -0.15) is 10.4 Å². The monoisotopic (exact) mass is 339 g/mol. The third-order valence-electron chi connectivity index (χ3n) is 4.07. The second kappa shape index (κ2) is 6.25. The fraction of sp³-hybridized carbons (Fsp3) is 0.421. The average molecular weight is 339 g/mol. The maximum absolute atomic E-state index is 12.6. The van der Waals surface area contributed by atoms with Gasteiger partial charge >= 0.3 is 5.97 Å². The van der Waals surface area contributed by atoms with Gasteiger partial charge in [-0.3, -0.25) is 4.68 Å². The lowest BCUT2D eigenvalue weighted by molar-refractivity contribution is 0.0721. The molecule has 0 bridgehead atoms. The molecule has 1 aliphatic carbocycles. The normalized spacial score (nSPS) is 14.0. The maximum atomic E-state index is 12.6. The van der Waals surface area contributed by atoms with Crippen molar-refractivity contribution in [1.29, 1.82) is 5.26 Å². The van der Waals surface area contributed by atoms with Crippen LogP contribution in [0.1, 0.15) is 61.3 Å². The number of hydrogen-bond acceptors (Lipinski definition) is 5. The molecule has 1 aromatic heterocycles. The highest BCUT2D eigenvalue weighted by atomic mass is 16.6. The molecule has 0 saturated heterocycles. The molecule has 1 saturated carbocycles. The van der Waals surface area contributed by atoms with Gasteiger partial charge in [-0.05, 0) is 51.8 Å². The summed E-state index contributed by atoms with van der Waals surface area (Å²) in [5.74, 6) is 0.542. The number of esters is 1. The lowest BCUT2D eigenvalue weighted by atomic mass is 10.1. The van der Waals surface area contributed by atoms with Gasteiger partial charge in [0, 0.05) is 17.7 Å². The highest BCUT2D eigenvalue weighted by molar-refractivity contribution is 5.89. The Hall–Kier alpha value is -2.81. The van der Waals surface area contributed by atoms with Gasteiger partial charge in [0.25, 0.3) is 0 Å². The number of nitrogens with zero attached hydrogens (tertiary/aromatic N) is 3. The first-order chi connectivity index (χ1) is 11.8. The smallest absolute Gasteiger partial charge is 0.364 e. The number of aromatic nitrogens is 2. The Balaban J connectivity index is 1.88. The molecule has 130 valence electrons. The van der Waals surface area contributed by atoms with E-state index in [-0.39, 0.29) is 17.0 Å². The molecular formula is C19H21N3O3. The number of ether oxygens (including phenoxy) is 2. The molecule has 2 aromatic rings. The van der Waals surface area contributed by atoms with Gasteiger partial charge in [0.1, 0.15) is 0 Å². The summed E-state index contributed by atoms with van der Waals surface area (Å²) in [7, 11) is 1.47. The molecule has 0 amide bonds. The number of carbonyl (C=O) groups is 1. The highest BCUT2D eigenvalue weighted by Crippen LogP contribution is 2.42. The van der Waals surface area contributed by atoms with Crippen LogP contribution in [0.25, 0.3) is 0 Å². The molecule has 1 aromatic carbocycles. The van der Waals surface area contributed by atoms with Crippen molar-refractivity contribution in [2.24, 2.45) is 0 Å². The minimum Gasteiger partial charge on any atom is -0.493 e. The topological polar surface area (TPSA) is 77.1 Å². The maximum Gasteiger partial charge on any atom is 0.364 e. The first kappa shape index (κ1) is 17.0. The summed E-state index contributed by atoms with van der Waals surface area (Å²) in [5, 5.41) is 13.4. The molecule has 6 heteroatoms. The van der Waals surface area contributed by atoms with Crippen molar-refractivity contribution in [3.8, 4) is 17.6 Å². The SMILES string of the molecule is COc1cc(C#N)ccc1OC(=O)c1cc(C2CC2)n(C(C)(C)C)n1. The van der Waals surface area contributed by atoms with Crippen LogP contribution in [0, 0.1) is 11.3 Å². The number of nitriles is 1. The van der Waals surface area contributed by atoms with E-state index in [1.807, 2.05) is 16.8 Å². The molecule has 6 nitrogen and oxygen atoms in total. The standard InChI is InChI=1S/C19H21N3O3/c1-19(2,3)22-15(13-6-7-13)10-14(21-22)18(23)25-16-8-5-12(11-20)9-17(16)24-4/h5,8-10,13H,6-7H2,1-4H3. The molecule has 1 fully saturated rings. The zero-order valence-electron chi connectivity index (χ0n) is 14.9. The van der Waals surface area contributed by atoms with Gasteiger partial charge < -0.3 is 9.47 Å². The molecule has 0 radical (unpaired) electrons. The Morgan fingerprint density at radius 1 is 1.28 bits per heavy atom. The third-order valence-corrected chi connectivity index (χ3v) is 4.07. The van der Waals surface area contributed by atoms with E-state index in [1.165, 1.54) is 13.2 Å². The minimum atomic E-state index is -0.534. The van der Waals surface area contributed by atoms with E-state index in [2.05, 4.69) is 25.9 Å². The van der Waals surface area contributed by atoms with Crippen molar-refractivity contribution in [1.82, 2.24) is 9.78 Å². The second-order valence-electron chi connectivity index (χ2n) is 7.18. The molecular weight excluding hydrogens is 318 g/mol. The van der Waals surface area contributed by atoms with Crippen molar-refractivity contribution in [2.45, 2.75) is 45.1 Å². The van der Waals surface area contributed by atoms with Crippen molar-refractivity contribution in [3.63, 3.8) is 0 Å². The van der Waals surface area contributed by atoms with Gasteiger partial charge in [0.15, 0.2) is 17.2 Å². The van der Waals surface area contributed by atoms with Crippen molar-refractivity contribution in [3.05, 3.63) is 41.2 Å². The molecule has 0 N–H and O–H groups in total. The fourth-order valence-corrected chi connectivity index (χ4v) is 2.68. The van der Waals surface area contributed by atoms with E-state index in [0.717, 1.165) is 18.5 Å². The van der Waals surface area contributed by atoms with Crippen LogP contribution in [-0.2, 0) is 5.54 Å². The average Bonchev–Trinajstić information content (AvgIpc) is 3.31. The molecule has 0 aliphatic heterocycles. The Morgan fingerprint density at radius 3 is 2.56 bits per heavy atom. The predicted molar refractivity (Wildman–Crippen MR) is 91.9 cm³/mol. The molecule has 1 heterocycles. The van der Waals surface area contributed by atoms with Crippen LogP contribution < -0.4 is 9.47 Å². The first-order valence-electron chi connectivity index (χ1n) is 8.24. The minimum absolute atomic E-state index is 0.206. The van der Waals surface area contributed by atoms with E-state index >= 15 is 0 Å². The predicted octanol–water partition coefficient (Wildman–Crippen LogP) is 3.61. The van der Waals surface area contributed by atoms with Gasteiger partial charge in [0.2, 0.25) is 0 Å². The van der Waals surface area contributed by atoms with Gasteiger partial charge in [-0.15, -0.1) is 0 Å². The summed E-state index contributed by atoms with van der Waals surface area (Å²) in [6, 6.07) is 8.51. The quantitative estimate of drug-likeness (QED) is 0.628. The van der Waals surface area contributed by atoms with Crippen LogP contribution in [0.15, 0.2) is 24.3 Å². The summed E-state index contributed by atoms with van der Waals surface area (Å²) in [5.41, 5.74) is 1.59. The Morgan fingerprint density at radius 2 is 2.00 bits per heavy atom. The van der Waals surface area contributed by atoms with Gasteiger partial charge in [-0.25, -0.2) is 4.79 Å². The molecule has 0 atom stereocenters. The Kier molecular flexibility index (Phi) is 4.25. The molecule has 0 spiro atoms. The number of hydrogen-bond donors (Lipinski definition) is 0. The van der Waals surface area contributed by atoms with E-state index in [0.29, 0.717) is 17.2 Å². The number of carbonyl (C=O) groups excluding carboxylic acids is 1. The van der Waals surface area contributed by atoms with Crippen LogP contribution in [0.5, 0.6) is 11.5 Å². The number of benzene rings is 1. The summed E-state index contributed by atoms with van der Waals surface area (Å²) >= 11 is 0. The Bertz CT molecular complexity index is 852. The second-order valence-corrected chi connectivity index (χ2v) is 7.18.